The van der Waals surface area contributed by atoms with E-state index in [0.29, 0.717) is 5.25 Å². The summed E-state index contributed by atoms with van der Waals surface area (Å²) in [6, 6.07) is -0.148. The average Bonchev–Trinajstić information content (AvgIpc) is 2.86. The molecule has 0 aromatic rings. The molecule has 102 valence electrons. The summed E-state index contributed by atoms with van der Waals surface area (Å²) in [5, 5.41) is 4.79. The van der Waals surface area contributed by atoms with Crippen molar-refractivity contribution < 1.29 is 4.79 Å². The molecule has 18 heavy (non-hydrogen) atoms. The summed E-state index contributed by atoms with van der Waals surface area (Å²) in [6.45, 7) is 6.84. The van der Waals surface area contributed by atoms with E-state index in [1.165, 1.54) is 6.42 Å². The number of nitrogens with zero attached hydrogens (tertiary/aromatic N) is 2. The smallest absolute Gasteiger partial charge is 0.244 e. The van der Waals surface area contributed by atoms with Crippen molar-refractivity contribution in [1.29, 1.82) is 0 Å². The second-order valence-electron chi connectivity index (χ2n) is 5.05. The molecule has 1 fully saturated rings. The predicted octanol–water partition coefficient (Wildman–Crippen LogP) is 1.86. The Kier molecular flexibility index (Phi) is 4.92. The van der Waals surface area contributed by atoms with Gasteiger partial charge in [-0.3, -0.25) is 9.79 Å². The van der Waals surface area contributed by atoms with E-state index in [9.17, 15) is 4.79 Å². The van der Waals surface area contributed by atoms with Crippen LogP contribution in [0.25, 0.3) is 0 Å². The number of amidine groups is 1. The molecule has 1 saturated heterocycles. The van der Waals surface area contributed by atoms with Gasteiger partial charge in [0, 0.05) is 18.3 Å². The summed E-state index contributed by atoms with van der Waals surface area (Å²) >= 11 is 1.77. The van der Waals surface area contributed by atoms with Gasteiger partial charge in [-0.2, -0.15) is 0 Å². The Labute approximate surface area is 114 Å². The van der Waals surface area contributed by atoms with Gasteiger partial charge in [0.25, 0.3) is 0 Å². The van der Waals surface area contributed by atoms with Gasteiger partial charge in [0.1, 0.15) is 6.04 Å². The molecule has 0 aromatic carbocycles. The molecule has 2 unspecified atom stereocenters. The molecule has 0 bridgehead atoms. The number of piperidine rings is 1. The highest BCUT2D eigenvalue weighted by Gasteiger charge is 2.25. The number of carbonyl (C=O) groups is 1. The third kappa shape index (κ3) is 3.40. The zero-order valence-corrected chi connectivity index (χ0v) is 12.1. The summed E-state index contributed by atoms with van der Waals surface area (Å²) in [5.74, 6) is 0.220. The SMILES string of the molecule is CCC1CN=C(NC(C)C(=O)N2CCCCC2)S1. The van der Waals surface area contributed by atoms with Crippen LogP contribution < -0.4 is 5.32 Å². The lowest BCUT2D eigenvalue weighted by atomic mass is 10.1. The van der Waals surface area contributed by atoms with Gasteiger partial charge in [-0.15, -0.1) is 0 Å². The van der Waals surface area contributed by atoms with Gasteiger partial charge >= 0.3 is 0 Å². The fourth-order valence-corrected chi connectivity index (χ4v) is 3.37. The zero-order valence-electron chi connectivity index (χ0n) is 11.3. The largest absolute Gasteiger partial charge is 0.353 e. The van der Waals surface area contributed by atoms with Crippen molar-refractivity contribution in [2.24, 2.45) is 4.99 Å². The quantitative estimate of drug-likeness (QED) is 0.850. The number of carbonyl (C=O) groups excluding carboxylic acids is 1. The molecular weight excluding hydrogens is 246 g/mol. The molecule has 2 aliphatic rings. The van der Waals surface area contributed by atoms with E-state index in [0.717, 1.165) is 44.1 Å². The van der Waals surface area contributed by atoms with Gasteiger partial charge in [-0.25, -0.2) is 0 Å². The topological polar surface area (TPSA) is 44.7 Å². The van der Waals surface area contributed by atoms with Crippen LogP contribution in [-0.2, 0) is 4.79 Å². The van der Waals surface area contributed by atoms with Crippen LogP contribution in [0.4, 0.5) is 0 Å². The molecular formula is C13H23N3OS. The lowest BCUT2D eigenvalue weighted by Gasteiger charge is -2.29. The van der Waals surface area contributed by atoms with Crippen LogP contribution >= 0.6 is 11.8 Å². The van der Waals surface area contributed by atoms with Gasteiger partial charge in [0.15, 0.2) is 5.17 Å². The minimum Gasteiger partial charge on any atom is -0.353 e. The Morgan fingerprint density at radius 3 is 2.83 bits per heavy atom. The molecule has 5 heteroatoms. The van der Waals surface area contributed by atoms with Crippen LogP contribution in [0.2, 0.25) is 0 Å². The highest BCUT2D eigenvalue weighted by atomic mass is 32.2. The van der Waals surface area contributed by atoms with Crippen molar-refractivity contribution in [2.75, 3.05) is 19.6 Å². The molecule has 4 nitrogen and oxygen atoms in total. The lowest BCUT2D eigenvalue weighted by molar-refractivity contribution is -0.133. The van der Waals surface area contributed by atoms with Crippen LogP contribution in [0.3, 0.4) is 0 Å². The molecule has 0 aliphatic carbocycles. The van der Waals surface area contributed by atoms with Crippen LogP contribution in [-0.4, -0.2) is 46.9 Å². The van der Waals surface area contributed by atoms with Crippen molar-refractivity contribution >= 4 is 22.8 Å². The van der Waals surface area contributed by atoms with Gasteiger partial charge < -0.3 is 10.2 Å². The average molecular weight is 269 g/mol. The van der Waals surface area contributed by atoms with E-state index in [1.54, 1.807) is 11.8 Å². The maximum absolute atomic E-state index is 12.2. The van der Waals surface area contributed by atoms with Crippen molar-refractivity contribution in [2.45, 2.75) is 50.8 Å². The Hall–Kier alpha value is -0.710. The fourth-order valence-electron chi connectivity index (χ4n) is 2.34. The molecule has 0 spiro atoms. The molecule has 0 saturated carbocycles. The molecule has 0 aromatic heterocycles. The molecule has 2 atom stereocenters. The molecule has 2 rings (SSSR count). The number of likely N-dealkylation sites (tertiary alicyclic amines) is 1. The molecule has 2 heterocycles. The van der Waals surface area contributed by atoms with E-state index >= 15 is 0 Å². The first kappa shape index (κ1) is 13.7. The van der Waals surface area contributed by atoms with E-state index in [4.69, 9.17) is 0 Å². The van der Waals surface area contributed by atoms with Crippen LogP contribution in [0.5, 0.6) is 0 Å². The second kappa shape index (κ2) is 6.45. The fraction of sp³-hybridized carbons (Fsp3) is 0.846. The first-order valence-electron chi connectivity index (χ1n) is 6.97. The highest BCUT2D eigenvalue weighted by molar-refractivity contribution is 8.14. The normalized spacial score (nSPS) is 25.8. The van der Waals surface area contributed by atoms with Gasteiger partial charge in [0.05, 0.1) is 6.54 Å². The van der Waals surface area contributed by atoms with Crippen molar-refractivity contribution in [3.05, 3.63) is 0 Å². The van der Waals surface area contributed by atoms with E-state index in [1.807, 2.05) is 11.8 Å². The molecule has 2 aliphatic heterocycles. The molecule has 1 amide bonds. The number of nitrogens with one attached hydrogen (secondary N) is 1. The zero-order chi connectivity index (χ0) is 13.0. The molecule has 0 radical (unpaired) electrons. The van der Waals surface area contributed by atoms with Crippen molar-refractivity contribution in [1.82, 2.24) is 10.2 Å². The van der Waals surface area contributed by atoms with E-state index < -0.39 is 0 Å². The van der Waals surface area contributed by atoms with Gasteiger partial charge in [0.2, 0.25) is 5.91 Å². The van der Waals surface area contributed by atoms with E-state index in [-0.39, 0.29) is 11.9 Å². The number of amides is 1. The highest BCUT2D eigenvalue weighted by Crippen LogP contribution is 2.22. The van der Waals surface area contributed by atoms with Crippen LogP contribution in [0, 0.1) is 0 Å². The summed E-state index contributed by atoms with van der Waals surface area (Å²) < 4.78 is 0. The van der Waals surface area contributed by atoms with Gasteiger partial charge in [-0.05, 0) is 32.6 Å². The van der Waals surface area contributed by atoms with Crippen LogP contribution in [0.15, 0.2) is 4.99 Å². The van der Waals surface area contributed by atoms with Crippen LogP contribution in [0.1, 0.15) is 39.5 Å². The maximum Gasteiger partial charge on any atom is 0.244 e. The summed E-state index contributed by atoms with van der Waals surface area (Å²) in [6.07, 6.45) is 4.68. The minimum atomic E-state index is -0.148. The monoisotopic (exact) mass is 269 g/mol. The van der Waals surface area contributed by atoms with Gasteiger partial charge in [-0.1, -0.05) is 18.7 Å². The van der Waals surface area contributed by atoms with Crippen molar-refractivity contribution in [3.63, 3.8) is 0 Å². The third-order valence-corrected chi connectivity index (χ3v) is 4.84. The summed E-state index contributed by atoms with van der Waals surface area (Å²) in [4.78, 5) is 18.7. The van der Waals surface area contributed by atoms with E-state index in [2.05, 4.69) is 17.2 Å². The van der Waals surface area contributed by atoms with Crippen molar-refractivity contribution in [3.8, 4) is 0 Å². The first-order valence-corrected chi connectivity index (χ1v) is 7.85. The lowest BCUT2D eigenvalue weighted by Crippen LogP contribution is -2.47. The third-order valence-electron chi connectivity index (χ3n) is 3.55. The summed E-state index contributed by atoms with van der Waals surface area (Å²) in [5.41, 5.74) is 0. The summed E-state index contributed by atoms with van der Waals surface area (Å²) in [7, 11) is 0. The number of rotatable bonds is 3. The minimum absolute atomic E-state index is 0.148. The Morgan fingerprint density at radius 1 is 1.50 bits per heavy atom. The standard InChI is InChI=1S/C13H23N3OS/c1-3-11-9-14-13(18-11)15-10(2)12(17)16-7-5-4-6-8-16/h10-11H,3-9H2,1-2H3,(H,14,15). The Morgan fingerprint density at radius 2 is 2.22 bits per heavy atom. The Balaban J connectivity index is 1.80. The number of thioether (sulfide) groups is 1. The number of hydrogen-bond acceptors (Lipinski definition) is 4. The number of hydrogen-bond donors (Lipinski definition) is 1. The first-order chi connectivity index (χ1) is 8.70. The predicted molar refractivity (Wildman–Crippen MR) is 77.0 cm³/mol. The molecule has 1 N–H and O–H groups in total. The Bertz CT molecular complexity index is 326. The maximum atomic E-state index is 12.2. The number of aliphatic imine (C=N–C) groups is 1. The second-order valence-corrected chi connectivity index (χ2v) is 6.33.